The van der Waals surface area contributed by atoms with Crippen molar-refractivity contribution < 1.29 is 16.8 Å². The van der Waals surface area contributed by atoms with Gasteiger partial charge in [0.25, 0.3) is 0 Å². The summed E-state index contributed by atoms with van der Waals surface area (Å²) in [5.41, 5.74) is 3.14. The van der Waals surface area contributed by atoms with E-state index >= 15 is 0 Å². The second kappa shape index (κ2) is 10.4. The minimum absolute atomic E-state index is 0. The standard InChI is InChI=1S/2C9H15Si.Co/c2*1-4-8-6-5-7-9(8)10(2)3;/h2*5-7,10H,4H2,1-3H3;/q2*-1;+2. The molecule has 0 amide bonds. The molecule has 0 fully saturated rings. The van der Waals surface area contributed by atoms with Gasteiger partial charge in [0.1, 0.15) is 0 Å². The Morgan fingerprint density at radius 3 is 1.29 bits per heavy atom. The maximum atomic E-state index is 2.38. The van der Waals surface area contributed by atoms with Crippen molar-refractivity contribution in [1.29, 1.82) is 0 Å². The van der Waals surface area contributed by atoms with Crippen molar-refractivity contribution in [1.82, 2.24) is 0 Å². The van der Waals surface area contributed by atoms with E-state index in [-0.39, 0.29) is 16.8 Å². The Bertz CT molecular complexity index is 449. The number of hydrogen-bond donors (Lipinski definition) is 0. The van der Waals surface area contributed by atoms with Crippen LogP contribution in [0, 0.1) is 0 Å². The number of aryl methyl sites for hydroxylation is 2. The van der Waals surface area contributed by atoms with E-state index in [2.05, 4.69) is 76.4 Å². The fourth-order valence-corrected chi connectivity index (χ4v) is 5.79. The van der Waals surface area contributed by atoms with Crippen LogP contribution in [0.15, 0.2) is 36.4 Å². The zero-order chi connectivity index (χ0) is 15.1. The molecule has 2 rings (SSSR count). The van der Waals surface area contributed by atoms with Crippen LogP contribution in [0.25, 0.3) is 0 Å². The first-order valence-corrected chi connectivity index (χ1v) is 13.8. The third-order valence-electron chi connectivity index (χ3n) is 3.89. The van der Waals surface area contributed by atoms with E-state index in [1.807, 2.05) is 0 Å². The average Bonchev–Trinajstić information content (AvgIpc) is 3.07. The summed E-state index contributed by atoms with van der Waals surface area (Å²) in [6, 6.07) is 13.4. The molecular formula is C18H30CoSi2. The van der Waals surface area contributed by atoms with Gasteiger partial charge >= 0.3 is 16.8 Å². The summed E-state index contributed by atoms with van der Waals surface area (Å²) < 4.78 is 0. The molecule has 0 spiro atoms. The monoisotopic (exact) mass is 361 g/mol. The second-order valence-corrected chi connectivity index (χ2v) is 11.9. The number of rotatable bonds is 4. The van der Waals surface area contributed by atoms with Gasteiger partial charge in [0, 0.05) is 17.6 Å². The van der Waals surface area contributed by atoms with E-state index in [9.17, 15) is 0 Å². The molecule has 0 nitrogen and oxygen atoms in total. The zero-order valence-corrected chi connectivity index (χ0v) is 17.7. The molecule has 2 aromatic rings. The molecule has 0 heterocycles. The second-order valence-electron chi connectivity index (χ2n) is 6.03. The van der Waals surface area contributed by atoms with Crippen molar-refractivity contribution in [3.05, 3.63) is 47.5 Å². The Hall–Kier alpha value is -0.360. The van der Waals surface area contributed by atoms with Gasteiger partial charge in [-0.15, -0.1) is 0 Å². The van der Waals surface area contributed by atoms with Crippen LogP contribution in [0.5, 0.6) is 0 Å². The predicted octanol–water partition coefficient (Wildman–Crippen LogP) is 3.32. The molecule has 1 radical (unpaired) electrons. The van der Waals surface area contributed by atoms with Crippen LogP contribution in [0.3, 0.4) is 0 Å². The molecule has 0 aromatic heterocycles. The maximum Gasteiger partial charge on any atom is 2.00 e. The third-order valence-corrected chi connectivity index (χ3v) is 7.51. The van der Waals surface area contributed by atoms with Gasteiger partial charge in [-0.05, 0) is 0 Å². The summed E-state index contributed by atoms with van der Waals surface area (Å²) >= 11 is 0. The van der Waals surface area contributed by atoms with Crippen LogP contribution in [-0.2, 0) is 29.6 Å². The molecular weight excluding hydrogens is 331 g/mol. The molecule has 0 bridgehead atoms. The molecule has 3 heteroatoms. The van der Waals surface area contributed by atoms with E-state index in [0.717, 1.165) is 0 Å². The van der Waals surface area contributed by atoms with Crippen LogP contribution < -0.4 is 10.4 Å². The topological polar surface area (TPSA) is 0 Å². The molecule has 0 N–H and O–H groups in total. The van der Waals surface area contributed by atoms with E-state index < -0.39 is 17.6 Å². The Labute approximate surface area is 145 Å². The van der Waals surface area contributed by atoms with Crippen molar-refractivity contribution in [2.75, 3.05) is 0 Å². The van der Waals surface area contributed by atoms with Crippen molar-refractivity contribution in [3.8, 4) is 0 Å². The maximum absolute atomic E-state index is 2.38. The molecule has 0 aliphatic heterocycles. The minimum atomic E-state index is -0.537. The van der Waals surface area contributed by atoms with Crippen LogP contribution >= 0.6 is 0 Å². The first-order chi connectivity index (χ1) is 9.51. The van der Waals surface area contributed by atoms with Crippen molar-refractivity contribution in [2.45, 2.75) is 52.9 Å². The Morgan fingerprint density at radius 1 is 0.762 bits per heavy atom. The van der Waals surface area contributed by atoms with Gasteiger partial charge < -0.3 is 0 Å². The molecule has 0 aliphatic carbocycles. The van der Waals surface area contributed by atoms with Gasteiger partial charge in [-0.2, -0.15) is 33.6 Å². The van der Waals surface area contributed by atoms with Crippen molar-refractivity contribution in [3.63, 3.8) is 0 Å². The molecule has 21 heavy (non-hydrogen) atoms. The molecule has 0 atom stereocenters. The summed E-state index contributed by atoms with van der Waals surface area (Å²) in [7, 11) is -1.07. The van der Waals surface area contributed by atoms with Gasteiger partial charge in [0.15, 0.2) is 0 Å². The normalized spacial score (nSPS) is 10.3. The SMILES string of the molecule is CCc1ccc[c-]1[SiH](C)C.CCc1ccc[c-]1[SiH](C)C.[Co+2]. The van der Waals surface area contributed by atoms with E-state index in [1.54, 1.807) is 21.5 Å². The third kappa shape index (κ3) is 6.10. The van der Waals surface area contributed by atoms with Gasteiger partial charge in [-0.1, -0.05) is 52.9 Å². The first-order valence-electron chi connectivity index (χ1n) is 8.00. The van der Waals surface area contributed by atoms with E-state index in [1.165, 1.54) is 12.8 Å². The Morgan fingerprint density at radius 2 is 1.10 bits per heavy atom. The summed E-state index contributed by atoms with van der Waals surface area (Å²) in [4.78, 5) is 0. The fourth-order valence-electron chi connectivity index (χ4n) is 2.71. The zero-order valence-electron chi connectivity index (χ0n) is 14.4. The summed E-state index contributed by atoms with van der Waals surface area (Å²) in [5, 5.41) is 3.31. The minimum Gasteiger partial charge on any atom is -0.213 e. The van der Waals surface area contributed by atoms with Crippen LogP contribution in [0.1, 0.15) is 25.0 Å². The van der Waals surface area contributed by atoms with Gasteiger partial charge in [-0.3, -0.25) is 0 Å². The smallest absolute Gasteiger partial charge is 0.213 e. The summed E-state index contributed by atoms with van der Waals surface area (Å²) in [6.45, 7) is 14.0. The van der Waals surface area contributed by atoms with Crippen LogP contribution in [0.2, 0.25) is 26.2 Å². The Balaban J connectivity index is 0.000000364. The van der Waals surface area contributed by atoms with Gasteiger partial charge in [0.05, 0.1) is 0 Å². The molecule has 2 aromatic carbocycles. The number of hydrogen-bond acceptors (Lipinski definition) is 0. The molecule has 119 valence electrons. The molecule has 0 aliphatic rings. The summed E-state index contributed by atoms with van der Waals surface area (Å²) in [6.07, 6.45) is 2.40. The predicted molar refractivity (Wildman–Crippen MR) is 99.8 cm³/mol. The summed E-state index contributed by atoms with van der Waals surface area (Å²) in [5.74, 6) is 0. The van der Waals surface area contributed by atoms with Crippen LogP contribution in [0.4, 0.5) is 0 Å². The van der Waals surface area contributed by atoms with E-state index in [4.69, 9.17) is 0 Å². The average molecular weight is 362 g/mol. The first kappa shape index (κ1) is 20.6. The Kier molecular flexibility index (Phi) is 10.2. The largest absolute Gasteiger partial charge is 2.00 e. The van der Waals surface area contributed by atoms with Gasteiger partial charge in [0.2, 0.25) is 0 Å². The molecule has 0 saturated heterocycles. The molecule has 0 unspecified atom stereocenters. The van der Waals surface area contributed by atoms with Crippen LogP contribution in [-0.4, -0.2) is 17.6 Å². The quantitative estimate of drug-likeness (QED) is 0.579. The molecule has 0 saturated carbocycles. The van der Waals surface area contributed by atoms with Crippen molar-refractivity contribution in [2.24, 2.45) is 0 Å². The fraction of sp³-hybridized carbons (Fsp3) is 0.444. The van der Waals surface area contributed by atoms with Gasteiger partial charge in [-0.25, -0.2) is 24.3 Å². The van der Waals surface area contributed by atoms with Crippen molar-refractivity contribution >= 4 is 28.0 Å². The van der Waals surface area contributed by atoms with E-state index in [0.29, 0.717) is 0 Å².